The first kappa shape index (κ1) is 13.9. The van der Waals surface area contributed by atoms with Crippen LogP contribution in [0.3, 0.4) is 0 Å². The summed E-state index contributed by atoms with van der Waals surface area (Å²) in [5, 5.41) is 11.1. The number of carbonyl (C=O) groups excluding carboxylic acids is 2. The molecule has 1 heterocycles. The van der Waals surface area contributed by atoms with Gasteiger partial charge in [-0.3, -0.25) is 14.5 Å². The maximum atomic E-state index is 13.7. The lowest BCUT2D eigenvalue weighted by molar-refractivity contribution is -0.146. The third-order valence-electron chi connectivity index (χ3n) is 3.14. The van der Waals surface area contributed by atoms with Gasteiger partial charge in [0.15, 0.2) is 11.6 Å². The number of halogens is 2. The maximum absolute atomic E-state index is 13.7. The molecule has 1 aromatic rings. The summed E-state index contributed by atoms with van der Waals surface area (Å²) in [6, 6.07) is 2.53. The Morgan fingerprint density at radius 2 is 1.95 bits per heavy atom. The summed E-state index contributed by atoms with van der Waals surface area (Å²) in [6.07, 6.45) is 0.292. The normalized spacial score (nSPS) is 18.9. The molecule has 1 fully saturated rings. The molecule has 0 aromatic heterocycles. The number of likely N-dealkylation sites (tertiary alicyclic amines) is 1. The summed E-state index contributed by atoms with van der Waals surface area (Å²) >= 11 is 0. The Morgan fingerprint density at radius 3 is 2.50 bits per heavy atom. The van der Waals surface area contributed by atoms with Gasteiger partial charge in [-0.1, -0.05) is 0 Å². The van der Waals surface area contributed by atoms with Crippen molar-refractivity contribution in [2.45, 2.75) is 18.9 Å². The summed E-state index contributed by atoms with van der Waals surface area (Å²) in [6.45, 7) is 0. The highest BCUT2D eigenvalue weighted by atomic mass is 19.1. The zero-order valence-electron chi connectivity index (χ0n) is 10.6. The molecule has 1 aliphatic rings. The van der Waals surface area contributed by atoms with Crippen molar-refractivity contribution in [1.82, 2.24) is 4.90 Å². The molecule has 1 aliphatic heterocycles. The van der Waals surface area contributed by atoms with Crippen LogP contribution in [0.4, 0.5) is 14.5 Å². The van der Waals surface area contributed by atoms with Gasteiger partial charge in [0.2, 0.25) is 5.91 Å². The van der Waals surface area contributed by atoms with Crippen molar-refractivity contribution in [2.75, 3.05) is 12.4 Å². The largest absolute Gasteiger partial charge is 0.369 e. The summed E-state index contributed by atoms with van der Waals surface area (Å²) < 4.78 is 27.4. The van der Waals surface area contributed by atoms with Gasteiger partial charge in [-0.05, 0) is 18.6 Å². The summed E-state index contributed by atoms with van der Waals surface area (Å²) in [4.78, 5) is 24.1. The Morgan fingerprint density at radius 1 is 1.35 bits per heavy atom. The third-order valence-corrected chi connectivity index (χ3v) is 3.14. The quantitative estimate of drug-likeness (QED) is 0.830. The lowest BCUT2D eigenvalue weighted by atomic mass is 10.0. The van der Waals surface area contributed by atoms with E-state index in [9.17, 15) is 18.4 Å². The topological polar surface area (TPSA) is 73.2 Å². The number of hydrogen-bond acceptors (Lipinski definition) is 4. The van der Waals surface area contributed by atoms with E-state index in [4.69, 9.17) is 5.26 Å². The van der Waals surface area contributed by atoms with Gasteiger partial charge in [0.1, 0.15) is 11.7 Å². The highest BCUT2D eigenvalue weighted by Crippen LogP contribution is 2.24. The molecule has 5 nitrogen and oxygen atoms in total. The molecule has 1 saturated heterocycles. The van der Waals surface area contributed by atoms with Gasteiger partial charge in [0.25, 0.3) is 5.91 Å². The smallest absolute Gasteiger partial charge is 0.251 e. The van der Waals surface area contributed by atoms with Gasteiger partial charge in [0.05, 0.1) is 11.6 Å². The Labute approximate surface area is 113 Å². The minimum Gasteiger partial charge on any atom is -0.369 e. The number of carbonyl (C=O) groups is 2. The molecule has 20 heavy (non-hydrogen) atoms. The van der Waals surface area contributed by atoms with Crippen molar-refractivity contribution in [3.63, 3.8) is 0 Å². The summed E-state index contributed by atoms with van der Waals surface area (Å²) in [5.74, 6) is -2.76. The van der Waals surface area contributed by atoms with Gasteiger partial charge in [-0.2, -0.15) is 5.26 Å². The average Bonchev–Trinajstić information content (AvgIpc) is 2.42. The number of anilines is 1. The molecule has 1 atom stereocenters. The minimum atomic E-state index is -0.950. The number of hydrogen-bond donors (Lipinski definition) is 1. The van der Waals surface area contributed by atoms with Crippen molar-refractivity contribution in [1.29, 1.82) is 5.26 Å². The van der Waals surface area contributed by atoms with Gasteiger partial charge in [-0.15, -0.1) is 0 Å². The zero-order valence-corrected chi connectivity index (χ0v) is 10.6. The van der Waals surface area contributed by atoms with Crippen LogP contribution in [0.15, 0.2) is 12.1 Å². The molecule has 104 valence electrons. The molecule has 0 aliphatic carbocycles. The van der Waals surface area contributed by atoms with Gasteiger partial charge in [0, 0.05) is 13.5 Å². The fraction of sp³-hybridized carbons (Fsp3) is 0.308. The van der Waals surface area contributed by atoms with E-state index in [0.29, 0.717) is 0 Å². The number of imide groups is 1. The fourth-order valence-corrected chi connectivity index (χ4v) is 2.00. The fourth-order valence-electron chi connectivity index (χ4n) is 2.00. The Bertz CT molecular complexity index is 602. The molecule has 1 unspecified atom stereocenters. The molecule has 2 rings (SSSR count). The number of benzene rings is 1. The predicted octanol–water partition coefficient (Wildman–Crippen LogP) is 1.40. The SMILES string of the molecule is CN1C(=O)CCC(Nc2c(F)cc(C#N)cc2F)C1=O. The number of nitrogens with one attached hydrogen (secondary N) is 1. The van der Waals surface area contributed by atoms with Crippen LogP contribution >= 0.6 is 0 Å². The number of nitriles is 1. The van der Waals surface area contributed by atoms with E-state index >= 15 is 0 Å². The van der Waals surface area contributed by atoms with Crippen molar-refractivity contribution in [2.24, 2.45) is 0 Å². The van der Waals surface area contributed by atoms with E-state index < -0.39 is 29.3 Å². The third kappa shape index (κ3) is 2.45. The molecule has 2 amide bonds. The molecule has 1 aromatic carbocycles. The van der Waals surface area contributed by atoms with E-state index in [0.717, 1.165) is 17.0 Å². The number of nitrogens with zero attached hydrogens (tertiary/aromatic N) is 2. The van der Waals surface area contributed by atoms with E-state index in [1.165, 1.54) is 7.05 Å². The number of likely N-dealkylation sites (N-methyl/N-ethyl adjacent to an activating group) is 1. The second-order valence-electron chi connectivity index (χ2n) is 4.45. The molecule has 0 spiro atoms. The second-order valence-corrected chi connectivity index (χ2v) is 4.45. The highest BCUT2D eigenvalue weighted by molar-refractivity contribution is 6.01. The lowest BCUT2D eigenvalue weighted by Gasteiger charge is -2.29. The Kier molecular flexibility index (Phi) is 3.66. The average molecular weight is 279 g/mol. The standard InChI is InChI=1S/C13H11F2N3O2/c1-18-11(19)3-2-10(13(18)20)17-12-8(14)4-7(6-16)5-9(12)15/h4-5,10,17H,2-3H2,1H3. The number of rotatable bonds is 2. The zero-order chi connectivity index (χ0) is 14.9. The minimum absolute atomic E-state index is 0.124. The van der Waals surface area contributed by atoms with Crippen LogP contribution in [0.1, 0.15) is 18.4 Å². The Balaban J connectivity index is 2.25. The monoisotopic (exact) mass is 279 g/mol. The second kappa shape index (κ2) is 5.25. The maximum Gasteiger partial charge on any atom is 0.251 e. The van der Waals surface area contributed by atoms with Crippen LogP contribution < -0.4 is 5.32 Å². The summed E-state index contributed by atoms with van der Waals surface area (Å²) in [5.41, 5.74) is -0.613. The lowest BCUT2D eigenvalue weighted by Crippen LogP contribution is -2.48. The van der Waals surface area contributed by atoms with E-state index in [1.807, 2.05) is 0 Å². The van der Waals surface area contributed by atoms with Crippen LogP contribution in [0.5, 0.6) is 0 Å². The van der Waals surface area contributed by atoms with Crippen molar-refractivity contribution in [3.8, 4) is 6.07 Å². The molecule has 1 N–H and O–H groups in total. The van der Waals surface area contributed by atoms with E-state index in [1.54, 1.807) is 6.07 Å². The summed E-state index contributed by atoms with van der Waals surface area (Å²) in [7, 11) is 1.32. The van der Waals surface area contributed by atoms with Crippen LogP contribution in [0.2, 0.25) is 0 Å². The molecular formula is C13H11F2N3O2. The molecule has 0 bridgehead atoms. The molecule has 7 heteroatoms. The number of piperidine rings is 1. The van der Waals surface area contributed by atoms with Gasteiger partial charge in [-0.25, -0.2) is 8.78 Å². The van der Waals surface area contributed by atoms with Crippen molar-refractivity contribution in [3.05, 3.63) is 29.3 Å². The molecule has 0 saturated carbocycles. The van der Waals surface area contributed by atoms with E-state index in [2.05, 4.69) is 5.32 Å². The van der Waals surface area contributed by atoms with Crippen molar-refractivity contribution < 1.29 is 18.4 Å². The van der Waals surface area contributed by atoms with Gasteiger partial charge >= 0.3 is 0 Å². The highest BCUT2D eigenvalue weighted by Gasteiger charge is 2.32. The molecular weight excluding hydrogens is 268 g/mol. The molecule has 0 radical (unpaired) electrons. The van der Waals surface area contributed by atoms with E-state index in [-0.39, 0.29) is 24.3 Å². The van der Waals surface area contributed by atoms with Gasteiger partial charge < -0.3 is 5.32 Å². The van der Waals surface area contributed by atoms with Crippen LogP contribution in [-0.4, -0.2) is 29.8 Å². The van der Waals surface area contributed by atoms with Crippen LogP contribution in [-0.2, 0) is 9.59 Å². The predicted molar refractivity (Wildman–Crippen MR) is 65.5 cm³/mol. The van der Waals surface area contributed by atoms with Crippen LogP contribution in [0.25, 0.3) is 0 Å². The number of amides is 2. The first-order chi connectivity index (χ1) is 9.43. The first-order valence-corrected chi connectivity index (χ1v) is 5.90. The van der Waals surface area contributed by atoms with Crippen LogP contribution in [0, 0.1) is 23.0 Å². The first-order valence-electron chi connectivity index (χ1n) is 5.90. The Hall–Kier alpha value is -2.49. The van der Waals surface area contributed by atoms with Crippen molar-refractivity contribution >= 4 is 17.5 Å².